The van der Waals surface area contributed by atoms with E-state index in [0.717, 1.165) is 38.8 Å². The standard InChI is InChI=1S/C24H26FN5O2S/c1-32-16-3-4-20-18(11-16)17(6-8-26-20)23(31)14-30-9-7-21(19(25)13-30)27-12-15-2-5-24-22(10-15)28-29-33-24/h2-6,8,10-11,19,21,23,27,31H,7,9,12-14H2,1H3/t19-,21?,23-/m0/s1. The number of halogens is 1. The van der Waals surface area contributed by atoms with Crippen LogP contribution in [-0.4, -0.2) is 63.5 Å². The molecule has 0 saturated carbocycles. The van der Waals surface area contributed by atoms with Crippen LogP contribution in [0.5, 0.6) is 5.75 Å². The summed E-state index contributed by atoms with van der Waals surface area (Å²) in [6.07, 6.45) is 0.627. The Hall–Kier alpha value is -2.72. The lowest BCUT2D eigenvalue weighted by Gasteiger charge is -2.36. The second-order valence-corrected chi connectivity index (χ2v) is 9.21. The van der Waals surface area contributed by atoms with E-state index in [-0.39, 0.29) is 12.6 Å². The highest BCUT2D eigenvalue weighted by Crippen LogP contribution is 2.28. The van der Waals surface area contributed by atoms with Gasteiger partial charge in [-0.2, -0.15) is 0 Å². The number of pyridine rings is 1. The van der Waals surface area contributed by atoms with Gasteiger partial charge in [0.25, 0.3) is 0 Å². The van der Waals surface area contributed by atoms with Crippen LogP contribution >= 0.6 is 11.5 Å². The molecule has 9 heteroatoms. The molecule has 33 heavy (non-hydrogen) atoms. The van der Waals surface area contributed by atoms with Gasteiger partial charge in [0.05, 0.1) is 23.4 Å². The van der Waals surface area contributed by atoms with Crippen molar-refractivity contribution in [2.24, 2.45) is 0 Å². The van der Waals surface area contributed by atoms with E-state index in [1.807, 2.05) is 47.4 Å². The maximum absolute atomic E-state index is 15.0. The number of piperidine rings is 1. The number of nitrogens with zero attached hydrogens (tertiary/aromatic N) is 4. The molecule has 0 radical (unpaired) electrons. The first-order chi connectivity index (χ1) is 16.1. The number of aromatic nitrogens is 3. The number of alkyl halides is 1. The van der Waals surface area contributed by atoms with Crippen molar-refractivity contribution >= 4 is 32.7 Å². The summed E-state index contributed by atoms with van der Waals surface area (Å²) in [7, 11) is 1.61. The molecule has 2 aromatic heterocycles. The summed E-state index contributed by atoms with van der Waals surface area (Å²) in [5.41, 5.74) is 3.52. The molecule has 1 fully saturated rings. The lowest BCUT2D eigenvalue weighted by Crippen LogP contribution is -2.51. The molecule has 1 aliphatic heterocycles. The Morgan fingerprint density at radius 2 is 2.15 bits per heavy atom. The van der Waals surface area contributed by atoms with Crippen LogP contribution in [0.3, 0.4) is 0 Å². The van der Waals surface area contributed by atoms with Crippen molar-refractivity contribution in [1.82, 2.24) is 24.8 Å². The third kappa shape index (κ3) is 4.81. The van der Waals surface area contributed by atoms with Gasteiger partial charge in [0.1, 0.15) is 17.4 Å². The Morgan fingerprint density at radius 1 is 1.24 bits per heavy atom. The van der Waals surface area contributed by atoms with Crippen molar-refractivity contribution in [1.29, 1.82) is 0 Å². The zero-order valence-electron chi connectivity index (χ0n) is 18.3. The van der Waals surface area contributed by atoms with Gasteiger partial charge < -0.3 is 15.2 Å². The lowest BCUT2D eigenvalue weighted by molar-refractivity contribution is 0.0571. The van der Waals surface area contributed by atoms with Crippen molar-refractivity contribution < 1.29 is 14.2 Å². The molecule has 5 rings (SSSR count). The number of hydrogen-bond acceptors (Lipinski definition) is 8. The monoisotopic (exact) mass is 467 g/mol. The highest BCUT2D eigenvalue weighted by atomic mass is 32.1. The zero-order valence-corrected chi connectivity index (χ0v) is 19.1. The van der Waals surface area contributed by atoms with Crippen LogP contribution in [0.25, 0.3) is 21.1 Å². The van der Waals surface area contributed by atoms with E-state index in [4.69, 9.17) is 4.74 Å². The minimum atomic E-state index is -1.01. The van der Waals surface area contributed by atoms with Gasteiger partial charge in [-0.15, -0.1) is 5.10 Å². The molecule has 172 valence electrons. The highest BCUT2D eigenvalue weighted by molar-refractivity contribution is 7.12. The third-order valence-electron chi connectivity index (χ3n) is 6.28. The van der Waals surface area contributed by atoms with E-state index >= 15 is 0 Å². The number of aliphatic hydroxyl groups is 1. The normalized spacial score (nSPS) is 20.3. The number of ether oxygens (including phenoxy) is 1. The van der Waals surface area contributed by atoms with Crippen molar-refractivity contribution in [3.63, 3.8) is 0 Å². The first-order valence-corrected chi connectivity index (χ1v) is 11.8. The average Bonchev–Trinajstić information content (AvgIpc) is 3.30. The maximum atomic E-state index is 15.0. The smallest absolute Gasteiger partial charge is 0.128 e. The predicted octanol–water partition coefficient (Wildman–Crippen LogP) is 3.48. The summed E-state index contributed by atoms with van der Waals surface area (Å²) >= 11 is 1.37. The molecule has 1 unspecified atom stereocenters. The van der Waals surface area contributed by atoms with Crippen molar-refractivity contribution in [2.75, 3.05) is 26.7 Å². The summed E-state index contributed by atoms with van der Waals surface area (Å²) in [4.78, 5) is 6.37. The molecular weight excluding hydrogens is 441 g/mol. The van der Waals surface area contributed by atoms with Crippen LogP contribution in [-0.2, 0) is 6.54 Å². The molecule has 0 amide bonds. The first kappa shape index (κ1) is 22.1. The molecule has 0 aliphatic carbocycles. The molecule has 3 atom stereocenters. The minimum Gasteiger partial charge on any atom is -0.497 e. The number of aliphatic hydroxyl groups excluding tert-OH is 1. The van der Waals surface area contributed by atoms with E-state index in [2.05, 4.69) is 19.9 Å². The SMILES string of the molecule is COc1ccc2nccc([C@@H](O)CN3CCC(NCc4ccc5snnc5c4)[C@@H](F)C3)c2c1. The average molecular weight is 468 g/mol. The molecule has 2 aromatic carbocycles. The van der Waals surface area contributed by atoms with E-state index in [1.54, 1.807) is 13.3 Å². The summed E-state index contributed by atoms with van der Waals surface area (Å²) < 4.78 is 25.3. The van der Waals surface area contributed by atoms with Crippen LogP contribution in [0.2, 0.25) is 0 Å². The van der Waals surface area contributed by atoms with Crippen LogP contribution in [0.1, 0.15) is 23.7 Å². The largest absolute Gasteiger partial charge is 0.497 e. The fourth-order valence-corrected chi connectivity index (χ4v) is 5.00. The molecule has 0 spiro atoms. The second-order valence-electron chi connectivity index (χ2n) is 8.43. The molecule has 0 bridgehead atoms. The highest BCUT2D eigenvalue weighted by Gasteiger charge is 2.30. The first-order valence-electron chi connectivity index (χ1n) is 11.0. The minimum absolute atomic E-state index is 0.214. The summed E-state index contributed by atoms with van der Waals surface area (Å²) in [6, 6.07) is 13.3. The third-order valence-corrected chi connectivity index (χ3v) is 6.98. The quantitative estimate of drug-likeness (QED) is 0.431. The summed E-state index contributed by atoms with van der Waals surface area (Å²) in [6.45, 7) is 1.97. The van der Waals surface area contributed by atoms with Crippen molar-refractivity contribution in [3.05, 3.63) is 59.8 Å². The van der Waals surface area contributed by atoms with Gasteiger partial charge >= 0.3 is 0 Å². The predicted molar refractivity (Wildman–Crippen MR) is 127 cm³/mol. The molecule has 2 N–H and O–H groups in total. The van der Waals surface area contributed by atoms with Crippen LogP contribution in [0.15, 0.2) is 48.7 Å². The van der Waals surface area contributed by atoms with E-state index in [9.17, 15) is 9.50 Å². The molecule has 1 aliphatic rings. The lowest BCUT2D eigenvalue weighted by atomic mass is 9.99. The molecule has 3 heterocycles. The number of fused-ring (bicyclic) bond motifs is 2. The zero-order chi connectivity index (χ0) is 22.8. The number of rotatable bonds is 7. The Balaban J connectivity index is 1.19. The van der Waals surface area contributed by atoms with Crippen molar-refractivity contribution in [3.8, 4) is 5.75 Å². The van der Waals surface area contributed by atoms with Gasteiger partial charge in [-0.3, -0.25) is 9.88 Å². The Bertz CT molecular complexity index is 1250. The number of hydrogen-bond donors (Lipinski definition) is 2. The van der Waals surface area contributed by atoms with E-state index in [1.165, 1.54) is 11.5 Å². The summed E-state index contributed by atoms with van der Waals surface area (Å²) in [5, 5.41) is 19.3. The van der Waals surface area contributed by atoms with Gasteiger partial charge in [-0.1, -0.05) is 10.6 Å². The Morgan fingerprint density at radius 3 is 3.00 bits per heavy atom. The fraction of sp³-hybridized carbons (Fsp3) is 0.375. The number of nitrogens with one attached hydrogen (secondary N) is 1. The van der Waals surface area contributed by atoms with E-state index < -0.39 is 12.3 Å². The number of methoxy groups -OCH3 is 1. The van der Waals surface area contributed by atoms with Crippen molar-refractivity contribution in [2.45, 2.75) is 31.3 Å². The fourth-order valence-electron chi connectivity index (χ4n) is 4.46. The molecule has 7 nitrogen and oxygen atoms in total. The summed E-state index contributed by atoms with van der Waals surface area (Å²) in [5.74, 6) is 0.713. The number of benzene rings is 2. The van der Waals surface area contributed by atoms with Crippen LogP contribution < -0.4 is 10.1 Å². The second kappa shape index (κ2) is 9.64. The number of likely N-dealkylation sites (tertiary alicyclic amines) is 1. The van der Waals surface area contributed by atoms with Gasteiger partial charge in [0.2, 0.25) is 0 Å². The topological polar surface area (TPSA) is 83.4 Å². The molecular formula is C24H26FN5O2S. The van der Waals surface area contributed by atoms with Crippen LogP contribution in [0, 0.1) is 0 Å². The van der Waals surface area contributed by atoms with E-state index in [0.29, 0.717) is 25.3 Å². The number of β-amino-alcohol motifs (C(OH)–C–C–N with tert-alkyl or cyclic N) is 1. The molecule has 4 aromatic rings. The van der Waals surface area contributed by atoms with Crippen LogP contribution in [0.4, 0.5) is 4.39 Å². The van der Waals surface area contributed by atoms with Gasteiger partial charge in [0.15, 0.2) is 0 Å². The van der Waals surface area contributed by atoms with Gasteiger partial charge in [-0.25, -0.2) is 4.39 Å². The van der Waals surface area contributed by atoms with Gasteiger partial charge in [-0.05, 0) is 72.0 Å². The Labute approximate surface area is 195 Å². The van der Waals surface area contributed by atoms with Gasteiger partial charge in [0, 0.05) is 37.3 Å². The molecule has 1 saturated heterocycles. The maximum Gasteiger partial charge on any atom is 0.128 e. The Kier molecular flexibility index (Phi) is 6.45.